The van der Waals surface area contributed by atoms with Gasteiger partial charge in [0.15, 0.2) is 0 Å². The Morgan fingerprint density at radius 3 is 2.52 bits per heavy atom. The Hall–Kier alpha value is -4.05. The van der Waals surface area contributed by atoms with Crippen LogP contribution in [0.3, 0.4) is 0 Å². The van der Waals surface area contributed by atoms with Gasteiger partial charge in [-0.05, 0) is 82.8 Å². The molecule has 0 aliphatic carbocycles. The number of hydrogen-bond acceptors (Lipinski definition) is 7. The van der Waals surface area contributed by atoms with Gasteiger partial charge in [-0.3, -0.25) is 24.5 Å². The zero-order chi connectivity index (χ0) is 29.0. The van der Waals surface area contributed by atoms with Crippen molar-refractivity contribution in [2.75, 3.05) is 30.8 Å². The minimum Gasteiger partial charge on any atom is -0.481 e. The van der Waals surface area contributed by atoms with E-state index in [0.717, 1.165) is 48.2 Å². The van der Waals surface area contributed by atoms with E-state index in [1.54, 1.807) is 36.4 Å². The van der Waals surface area contributed by atoms with Gasteiger partial charge in [0.1, 0.15) is 0 Å². The van der Waals surface area contributed by atoms with E-state index in [4.69, 9.17) is 4.74 Å². The van der Waals surface area contributed by atoms with Crippen LogP contribution in [0.15, 0.2) is 30.7 Å². The van der Waals surface area contributed by atoms with E-state index in [2.05, 4.69) is 51.4 Å². The minimum absolute atomic E-state index is 0.0140. The third kappa shape index (κ3) is 6.39. The molecule has 1 saturated heterocycles. The van der Waals surface area contributed by atoms with Crippen molar-refractivity contribution < 1.29 is 14.3 Å². The van der Waals surface area contributed by atoms with Crippen LogP contribution in [0.4, 0.5) is 11.4 Å². The maximum Gasteiger partial charge on any atom is 0.257 e. The van der Waals surface area contributed by atoms with Gasteiger partial charge in [-0.2, -0.15) is 5.10 Å². The first-order valence-electron chi connectivity index (χ1n) is 13.6. The average molecular weight is 546 g/mol. The molecule has 0 atom stereocenters. The van der Waals surface area contributed by atoms with Gasteiger partial charge in [0.2, 0.25) is 11.8 Å². The lowest BCUT2D eigenvalue weighted by Crippen LogP contribution is -2.42. The van der Waals surface area contributed by atoms with Crippen molar-refractivity contribution in [2.45, 2.75) is 59.4 Å². The van der Waals surface area contributed by atoms with E-state index in [-0.39, 0.29) is 17.4 Å². The summed E-state index contributed by atoms with van der Waals surface area (Å²) in [6.07, 6.45) is 9.87. The highest BCUT2D eigenvalue weighted by Gasteiger charge is 2.32. The summed E-state index contributed by atoms with van der Waals surface area (Å²) in [7, 11) is 3.45. The molecular weight excluding hydrogens is 506 g/mol. The maximum absolute atomic E-state index is 13.3. The second kappa shape index (κ2) is 12.0. The maximum atomic E-state index is 13.3. The fourth-order valence-corrected chi connectivity index (χ4v) is 5.02. The van der Waals surface area contributed by atoms with Crippen molar-refractivity contribution in [1.29, 1.82) is 0 Å². The number of hydrogen-bond donors (Lipinski definition) is 2. The number of carbonyl (C=O) groups excluding carboxylic acids is 2. The summed E-state index contributed by atoms with van der Waals surface area (Å²) < 4.78 is 7.22. The molecule has 212 valence electrons. The van der Waals surface area contributed by atoms with Gasteiger partial charge in [0.05, 0.1) is 54.2 Å². The van der Waals surface area contributed by atoms with E-state index in [0.29, 0.717) is 35.1 Å². The zero-order valence-corrected chi connectivity index (χ0v) is 24.5. The Bertz CT molecular complexity index is 1440. The fourth-order valence-electron chi connectivity index (χ4n) is 5.02. The molecule has 0 radical (unpaired) electrons. The number of carbonyl (C=O) groups is 2. The molecule has 1 aliphatic heterocycles. The topological polar surface area (TPSA) is 114 Å². The van der Waals surface area contributed by atoms with Crippen molar-refractivity contribution in [3.8, 4) is 5.88 Å². The van der Waals surface area contributed by atoms with Crippen LogP contribution in [0.25, 0.3) is 11.6 Å². The normalized spacial score (nSPS) is 15.2. The molecule has 1 fully saturated rings. The van der Waals surface area contributed by atoms with Crippen LogP contribution in [0.5, 0.6) is 5.88 Å². The number of methoxy groups -OCH3 is 1. The van der Waals surface area contributed by atoms with Gasteiger partial charge in [0, 0.05) is 24.5 Å². The molecule has 2 amide bonds. The van der Waals surface area contributed by atoms with Gasteiger partial charge >= 0.3 is 0 Å². The first-order valence-corrected chi connectivity index (χ1v) is 13.6. The van der Waals surface area contributed by atoms with Crippen LogP contribution in [-0.2, 0) is 11.8 Å². The highest BCUT2D eigenvalue weighted by atomic mass is 16.5. The number of allylic oxidation sites excluding steroid dienone is 1. The van der Waals surface area contributed by atoms with Crippen LogP contribution >= 0.6 is 0 Å². The summed E-state index contributed by atoms with van der Waals surface area (Å²) in [4.78, 5) is 37.0. The molecule has 0 aromatic carbocycles. The lowest BCUT2D eigenvalue weighted by molar-refractivity contribution is -0.118. The van der Waals surface area contributed by atoms with Crippen molar-refractivity contribution >= 4 is 34.8 Å². The number of nitrogens with zero attached hydrogens (tertiary/aromatic N) is 5. The molecule has 0 spiro atoms. The second-order valence-electron chi connectivity index (χ2n) is 10.8. The Labute approximate surface area is 235 Å². The van der Waals surface area contributed by atoms with Gasteiger partial charge < -0.3 is 15.4 Å². The van der Waals surface area contributed by atoms with E-state index >= 15 is 0 Å². The minimum atomic E-state index is -0.314. The molecule has 1 aliphatic rings. The molecule has 4 rings (SSSR count). The molecule has 10 heteroatoms. The number of pyridine rings is 2. The largest absolute Gasteiger partial charge is 0.481 e. The Morgan fingerprint density at radius 2 is 1.85 bits per heavy atom. The predicted molar refractivity (Wildman–Crippen MR) is 157 cm³/mol. The first-order chi connectivity index (χ1) is 19.0. The molecule has 40 heavy (non-hydrogen) atoms. The molecule has 10 nitrogen and oxygen atoms in total. The Balaban J connectivity index is 1.51. The van der Waals surface area contributed by atoms with Gasteiger partial charge in [-0.1, -0.05) is 6.92 Å². The van der Waals surface area contributed by atoms with E-state index < -0.39 is 0 Å². The molecule has 0 unspecified atom stereocenters. The monoisotopic (exact) mass is 545 g/mol. The summed E-state index contributed by atoms with van der Waals surface area (Å²) in [5, 5.41) is 10.2. The zero-order valence-electron chi connectivity index (χ0n) is 24.5. The Kier molecular flexibility index (Phi) is 8.68. The molecular formula is C30H39N7O3. The molecule has 4 heterocycles. The first kappa shape index (κ1) is 28.9. The standard InChI is InChI=1S/C30H39N7O3/c1-8-21(25-17-33-36(6)29(25)40-7)12-22-13-23(15-31-19(22)2)28(39)35-26-14-24(16-32-20(26)3)34-27(38)18-37-11-9-10-30(37,4)5/h12-17H,8-11,18H2,1-7H3,(H,34,38)(H,35,39)/b21-12+. The van der Waals surface area contributed by atoms with Crippen molar-refractivity contribution in [1.82, 2.24) is 24.6 Å². The molecule has 2 N–H and O–H groups in total. The van der Waals surface area contributed by atoms with Crippen LogP contribution in [0, 0.1) is 13.8 Å². The van der Waals surface area contributed by atoms with E-state index in [1.807, 2.05) is 33.0 Å². The molecule has 0 saturated carbocycles. The lowest BCUT2D eigenvalue weighted by atomic mass is 10.0. The lowest BCUT2D eigenvalue weighted by Gasteiger charge is -2.30. The SMILES string of the molecule is CC/C(=C\c1cc(C(=O)Nc2cc(NC(=O)CN3CCCC3(C)C)cnc2C)cnc1C)c1cnn(C)c1OC. The summed E-state index contributed by atoms with van der Waals surface area (Å²) in [6, 6.07) is 3.56. The number of rotatable bonds is 9. The van der Waals surface area contributed by atoms with Gasteiger partial charge in [0.25, 0.3) is 5.91 Å². The third-order valence-corrected chi connectivity index (χ3v) is 7.55. The number of likely N-dealkylation sites (tertiary alicyclic amines) is 1. The number of anilines is 2. The van der Waals surface area contributed by atoms with Crippen LogP contribution < -0.4 is 15.4 Å². The summed E-state index contributed by atoms with van der Waals surface area (Å²) in [5.41, 5.74) is 5.68. The predicted octanol–water partition coefficient (Wildman–Crippen LogP) is 4.85. The molecule has 0 bridgehead atoms. The molecule has 3 aromatic rings. The number of amides is 2. The fraction of sp³-hybridized carbons (Fsp3) is 0.433. The van der Waals surface area contributed by atoms with E-state index in [1.165, 1.54) is 0 Å². The number of aromatic nitrogens is 4. The second-order valence-corrected chi connectivity index (χ2v) is 10.8. The quantitative estimate of drug-likeness (QED) is 0.395. The Morgan fingerprint density at radius 1 is 1.10 bits per heavy atom. The van der Waals surface area contributed by atoms with Crippen molar-refractivity contribution in [2.24, 2.45) is 7.05 Å². The van der Waals surface area contributed by atoms with Crippen LogP contribution in [-0.4, -0.2) is 62.2 Å². The average Bonchev–Trinajstić information content (AvgIpc) is 3.45. The number of nitrogens with one attached hydrogen (secondary N) is 2. The number of ether oxygens (including phenoxy) is 1. The molecule has 3 aromatic heterocycles. The highest BCUT2D eigenvalue weighted by Crippen LogP contribution is 2.30. The smallest absolute Gasteiger partial charge is 0.257 e. The van der Waals surface area contributed by atoms with Crippen molar-refractivity contribution in [3.63, 3.8) is 0 Å². The van der Waals surface area contributed by atoms with Crippen molar-refractivity contribution in [3.05, 3.63) is 58.8 Å². The summed E-state index contributed by atoms with van der Waals surface area (Å²) in [5.74, 6) is 0.257. The summed E-state index contributed by atoms with van der Waals surface area (Å²) >= 11 is 0. The van der Waals surface area contributed by atoms with Gasteiger partial charge in [-0.25, -0.2) is 4.68 Å². The third-order valence-electron chi connectivity index (χ3n) is 7.55. The summed E-state index contributed by atoms with van der Waals surface area (Å²) in [6.45, 7) is 11.3. The van der Waals surface area contributed by atoms with Gasteiger partial charge in [-0.15, -0.1) is 0 Å². The van der Waals surface area contributed by atoms with Crippen LogP contribution in [0.2, 0.25) is 0 Å². The number of aryl methyl sites for hydroxylation is 3. The van der Waals surface area contributed by atoms with E-state index in [9.17, 15) is 9.59 Å². The van der Waals surface area contributed by atoms with Crippen LogP contribution in [0.1, 0.15) is 72.9 Å². The highest BCUT2D eigenvalue weighted by molar-refractivity contribution is 6.05.